The molecule has 0 aliphatic heterocycles. The Morgan fingerprint density at radius 2 is 1.86 bits per heavy atom. The Morgan fingerprint density at radius 1 is 1.14 bits per heavy atom. The van der Waals surface area contributed by atoms with Gasteiger partial charge in [-0.15, -0.1) is 0 Å². The molecule has 0 bridgehead atoms. The van der Waals surface area contributed by atoms with E-state index in [0.717, 1.165) is 18.4 Å². The lowest BCUT2D eigenvalue weighted by Crippen LogP contribution is -2.27. The Bertz CT molecular complexity index is 695. The maximum atomic E-state index is 12.2. The summed E-state index contributed by atoms with van der Waals surface area (Å²) in [6, 6.07) is 13.7. The molecular weight excluding hydrogens is 268 g/mol. The lowest BCUT2D eigenvalue weighted by molar-refractivity contribution is -0.384. The number of amides is 1. The van der Waals surface area contributed by atoms with Crippen LogP contribution in [-0.4, -0.2) is 10.8 Å². The summed E-state index contributed by atoms with van der Waals surface area (Å²) in [6.07, 6.45) is 1.85. The first-order valence-electron chi connectivity index (χ1n) is 6.78. The molecule has 5 heteroatoms. The first kappa shape index (κ1) is 13.3. The van der Waals surface area contributed by atoms with Crippen LogP contribution in [0.4, 0.5) is 5.69 Å². The number of non-ortho nitro benzene ring substituents is 1. The molecule has 0 saturated carbocycles. The van der Waals surface area contributed by atoms with Gasteiger partial charge in [0.05, 0.1) is 11.0 Å². The van der Waals surface area contributed by atoms with Crippen molar-refractivity contribution in [3.05, 3.63) is 75.3 Å². The van der Waals surface area contributed by atoms with E-state index in [2.05, 4.69) is 11.4 Å². The molecule has 0 fully saturated rings. The average Bonchev–Trinajstić information content (AvgIpc) is 2.91. The third-order valence-electron chi connectivity index (χ3n) is 3.78. The van der Waals surface area contributed by atoms with Gasteiger partial charge in [0.15, 0.2) is 0 Å². The highest BCUT2D eigenvalue weighted by Gasteiger charge is 2.23. The van der Waals surface area contributed by atoms with Gasteiger partial charge in [-0.1, -0.05) is 24.3 Å². The van der Waals surface area contributed by atoms with Crippen molar-refractivity contribution in [3.8, 4) is 0 Å². The molecule has 106 valence electrons. The fourth-order valence-electron chi connectivity index (χ4n) is 2.68. The number of nitro groups is 1. The minimum Gasteiger partial charge on any atom is -0.345 e. The second-order valence-corrected chi connectivity index (χ2v) is 5.07. The van der Waals surface area contributed by atoms with Gasteiger partial charge < -0.3 is 5.32 Å². The zero-order chi connectivity index (χ0) is 14.8. The number of nitro benzene ring substituents is 1. The van der Waals surface area contributed by atoms with Crippen molar-refractivity contribution in [1.82, 2.24) is 5.32 Å². The molecule has 1 amide bonds. The van der Waals surface area contributed by atoms with Crippen molar-refractivity contribution < 1.29 is 9.72 Å². The fraction of sp³-hybridized carbons (Fsp3) is 0.188. The van der Waals surface area contributed by atoms with Gasteiger partial charge in [0.2, 0.25) is 0 Å². The number of carbonyl (C=O) groups is 1. The first-order valence-corrected chi connectivity index (χ1v) is 6.78. The van der Waals surface area contributed by atoms with Crippen LogP contribution in [0.15, 0.2) is 48.5 Å². The van der Waals surface area contributed by atoms with Crippen LogP contribution in [0, 0.1) is 10.1 Å². The number of fused-ring (bicyclic) bond motifs is 1. The Labute approximate surface area is 121 Å². The van der Waals surface area contributed by atoms with Crippen molar-refractivity contribution in [1.29, 1.82) is 0 Å². The third kappa shape index (κ3) is 2.63. The molecule has 1 unspecified atom stereocenters. The summed E-state index contributed by atoms with van der Waals surface area (Å²) < 4.78 is 0. The first-order chi connectivity index (χ1) is 10.1. The number of rotatable bonds is 3. The molecule has 1 aliphatic carbocycles. The van der Waals surface area contributed by atoms with Crippen molar-refractivity contribution in [3.63, 3.8) is 0 Å². The van der Waals surface area contributed by atoms with E-state index in [9.17, 15) is 14.9 Å². The van der Waals surface area contributed by atoms with Crippen LogP contribution in [0.25, 0.3) is 0 Å². The van der Waals surface area contributed by atoms with Gasteiger partial charge >= 0.3 is 0 Å². The van der Waals surface area contributed by atoms with E-state index in [1.165, 1.54) is 29.8 Å². The Hall–Kier alpha value is -2.69. The Kier molecular flexibility index (Phi) is 3.39. The molecule has 0 heterocycles. The molecule has 2 aromatic carbocycles. The van der Waals surface area contributed by atoms with Crippen LogP contribution >= 0.6 is 0 Å². The van der Waals surface area contributed by atoms with Crippen molar-refractivity contribution in [2.45, 2.75) is 18.9 Å². The topological polar surface area (TPSA) is 72.2 Å². The standard InChI is InChI=1S/C16H14N2O3/c19-16(12-5-8-13(9-6-12)18(20)21)17-15-10-7-11-3-1-2-4-14(11)15/h1-6,8-9,15H,7,10H2,(H,17,19). The molecule has 1 aliphatic rings. The lowest BCUT2D eigenvalue weighted by atomic mass is 10.1. The van der Waals surface area contributed by atoms with Crippen LogP contribution in [0.1, 0.15) is 33.9 Å². The van der Waals surface area contributed by atoms with Gasteiger partial charge in [0.25, 0.3) is 11.6 Å². The van der Waals surface area contributed by atoms with Crippen LogP contribution < -0.4 is 5.32 Å². The second kappa shape index (κ2) is 5.36. The van der Waals surface area contributed by atoms with E-state index in [-0.39, 0.29) is 17.6 Å². The molecule has 1 atom stereocenters. The number of hydrogen-bond acceptors (Lipinski definition) is 3. The number of nitrogens with one attached hydrogen (secondary N) is 1. The summed E-state index contributed by atoms with van der Waals surface area (Å²) in [5, 5.41) is 13.6. The minimum atomic E-state index is -0.477. The van der Waals surface area contributed by atoms with E-state index < -0.39 is 4.92 Å². The summed E-state index contributed by atoms with van der Waals surface area (Å²) in [7, 11) is 0. The largest absolute Gasteiger partial charge is 0.345 e. The van der Waals surface area contributed by atoms with Crippen LogP contribution in [0.2, 0.25) is 0 Å². The molecule has 0 saturated heterocycles. The van der Waals surface area contributed by atoms with Gasteiger partial charge in [-0.05, 0) is 36.1 Å². The van der Waals surface area contributed by atoms with Crippen molar-refractivity contribution in [2.24, 2.45) is 0 Å². The van der Waals surface area contributed by atoms with Crippen molar-refractivity contribution >= 4 is 11.6 Å². The number of hydrogen-bond donors (Lipinski definition) is 1. The van der Waals surface area contributed by atoms with E-state index in [1.54, 1.807) is 0 Å². The minimum absolute atomic E-state index is 0.0160. The van der Waals surface area contributed by atoms with Gasteiger partial charge in [-0.25, -0.2) is 0 Å². The van der Waals surface area contributed by atoms with Gasteiger partial charge in [-0.3, -0.25) is 14.9 Å². The molecule has 0 radical (unpaired) electrons. The molecular formula is C16H14N2O3. The average molecular weight is 282 g/mol. The maximum Gasteiger partial charge on any atom is 0.269 e. The lowest BCUT2D eigenvalue weighted by Gasteiger charge is -2.14. The monoisotopic (exact) mass is 282 g/mol. The van der Waals surface area contributed by atoms with Gasteiger partial charge in [0, 0.05) is 17.7 Å². The van der Waals surface area contributed by atoms with E-state index in [1.807, 2.05) is 18.2 Å². The molecule has 0 spiro atoms. The molecule has 1 N–H and O–H groups in total. The maximum absolute atomic E-state index is 12.2. The van der Waals surface area contributed by atoms with E-state index in [4.69, 9.17) is 0 Å². The highest BCUT2D eigenvalue weighted by Crippen LogP contribution is 2.30. The number of benzene rings is 2. The highest BCUT2D eigenvalue weighted by molar-refractivity contribution is 5.94. The van der Waals surface area contributed by atoms with Gasteiger partial charge in [0.1, 0.15) is 0 Å². The van der Waals surface area contributed by atoms with E-state index >= 15 is 0 Å². The summed E-state index contributed by atoms with van der Waals surface area (Å²) in [5.74, 6) is -0.202. The van der Waals surface area contributed by atoms with Crippen LogP contribution in [0.3, 0.4) is 0 Å². The summed E-state index contributed by atoms with van der Waals surface area (Å²) in [6.45, 7) is 0. The Balaban J connectivity index is 1.74. The molecule has 5 nitrogen and oxygen atoms in total. The van der Waals surface area contributed by atoms with Crippen LogP contribution in [-0.2, 0) is 6.42 Å². The SMILES string of the molecule is O=C(NC1CCc2ccccc21)c1ccc([N+](=O)[O-])cc1. The molecule has 21 heavy (non-hydrogen) atoms. The number of carbonyl (C=O) groups excluding carboxylic acids is 1. The van der Waals surface area contributed by atoms with E-state index in [0.29, 0.717) is 5.56 Å². The smallest absolute Gasteiger partial charge is 0.269 e. The molecule has 2 aromatic rings. The second-order valence-electron chi connectivity index (χ2n) is 5.07. The third-order valence-corrected chi connectivity index (χ3v) is 3.78. The zero-order valence-corrected chi connectivity index (χ0v) is 11.3. The van der Waals surface area contributed by atoms with Gasteiger partial charge in [-0.2, -0.15) is 0 Å². The predicted octanol–water partition coefficient (Wildman–Crippen LogP) is 3.01. The Morgan fingerprint density at radius 3 is 2.57 bits per heavy atom. The zero-order valence-electron chi connectivity index (χ0n) is 11.3. The molecule has 0 aromatic heterocycles. The summed E-state index contributed by atoms with van der Waals surface area (Å²) in [5.41, 5.74) is 2.85. The van der Waals surface area contributed by atoms with Crippen molar-refractivity contribution in [2.75, 3.05) is 0 Å². The normalized spacial score (nSPS) is 16.3. The molecule has 3 rings (SSSR count). The fourth-order valence-corrected chi connectivity index (χ4v) is 2.68. The summed E-state index contributed by atoms with van der Waals surface area (Å²) in [4.78, 5) is 22.3. The quantitative estimate of drug-likeness (QED) is 0.694. The predicted molar refractivity (Wildman–Crippen MR) is 78.1 cm³/mol. The van der Waals surface area contributed by atoms with Crippen LogP contribution in [0.5, 0.6) is 0 Å². The number of aryl methyl sites for hydroxylation is 1. The summed E-state index contributed by atoms with van der Waals surface area (Å²) >= 11 is 0. The highest BCUT2D eigenvalue weighted by atomic mass is 16.6. The number of nitrogens with zero attached hydrogens (tertiary/aromatic N) is 1.